The van der Waals surface area contributed by atoms with Crippen molar-refractivity contribution >= 4 is 16.5 Å². The molecule has 2 unspecified atom stereocenters. The van der Waals surface area contributed by atoms with Gasteiger partial charge in [0.25, 0.3) is 0 Å². The Bertz CT molecular complexity index is 336. The van der Waals surface area contributed by atoms with Crippen LogP contribution in [0.4, 0.5) is 5.13 Å². The van der Waals surface area contributed by atoms with Crippen molar-refractivity contribution in [1.82, 2.24) is 9.88 Å². The predicted molar refractivity (Wildman–Crippen MR) is 74.7 cm³/mol. The number of nitrogens with one attached hydrogen (secondary N) is 1. The van der Waals surface area contributed by atoms with E-state index < -0.39 is 0 Å². The van der Waals surface area contributed by atoms with E-state index in [9.17, 15) is 0 Å². The first-order chi connectivity index (χ1) is 8.12. The lowest BCUT2D eigenvalue weighted by Crippen LogP contribution is -2.52. The maximum Gasteiger partial charge on any atom is 0.182 e. The zero-order valence-corrected chi connectivity index (χ0v) is 11.9. The average molecular weight is 253 g/mol. The fraction of sp³-hybridized carbons (Fsp3) is 0.769. The molecule has 1 aliphatic carbocycles. The second-order valence-electron chi connectivity index (χ2n) is 5.51. The maximum absolute atomic E-state index is 4.30. The molecule has 1 aromatic rings. The Kier molecular flexibility index (Phi) is 4.05. The number of hydrogen-bond acceptors (Lipinski definition) is 4. The molecule has 1 aliphatic rings. The van der Waals surface area contributed by atoms with Crippen LogP contribution in [0.3, 0.4) is 0 Å². The fourth-order valence-corrected chi connectivity index (χ4v) is 3.44. The Morgan fingerprint density at radius 1 is 1.59 bits per heavy atom. The molecule has 4 heteroatoms. The van der Waals surface area contributed by atoms with Crippen molar-refractivity contribution in [3.63, 3.8) is 0 Å². The third kappa shape index (κ3) is 2.99. The third-order valence-electron chi connectivity index (χ3n) is 4.02. The highest BCUT2D eigenvalue weighted by atomic mass is 32.1. The number of thiazole rings is 1. The van der Waals surface area contributed by atoms with E-state index in [1.165, 1.54) is 25.7 Å². The van der Waals surface area contributed by atoms with E-state index in [-0.39, 0.29) is 0 Å². The molecular formula is C13H23N3S. The number of likely N-dealkylation sites (N-methyl/N-ethyl adjacent to an activating group) is 1. The second kappa shape index (κ2) is 5.36. The van der Waals surface area contributed by atoms with Gasteiger partial charge < -0.3 is 10.2 Å². The van der Waals surface area contributed by atoms with Crippen molar-refractivity contribution in [2.75, 3.05) is 26.0 Å². The SMILES string of the molecule is CC1CCCC(CNc2nccs2)(N(C)C)C1. The van der Waals surface area contributed by atoms with Crippen LogP contribution in [0.2, 0.25) is 0 Å². The van der Waals surface area contributed by atoms with Crippen LogP contribution >= 0.6 is 11.3 Å². The van der Waals surface area contributed by atoms with Crippen molar-refractivity contribution in [3.8, 4) is 0 Å². The molecule has 1 heterocycles. The highest BCUT2D eigenvalue weighted by Crippen LogP contribution is 2.35. The van der Waals surface area contributed by atoms with Crippen molar-refractivity contribution in [2.45, 2.75) is 38.1 Å². The van der Waals surface area contributed by atoms with Gasteiger partial charge in [-0.3, -0.25) is 0 Å². The van der Waals surface area contributed by atoms with Gasteiger partial charge in [0, 0.05) is 23.7 Å². The first-order valence-electron chi connectivity index (χ1n) is 6.43. The first kappa shape index (κ1) is 12.8. The molecule has 17 heavy (non-hydrogen) atoms. The van der Waals surface area contributed by atoms with Crippen LogP contribution in [-0.2, 0) is 0 Å². The maximum atomic E-state index is 4.30. The van der Waals surface area contributed by atoms with Crippen LogP contribution in [0.15, 0.2) is 11.6 Å². The molecular weight excluding hydrogens is 230 g/mol. The standard InChI is InChI=1S/C13H23N3S/c1-11-5-4-6-13(9-11,16(2)3)10-15-12-14-7-8-17-12/h7-8,11H,4-6,9-10H2,1-3H3,(H,14,15). The summed E-state index contributed by atoms with van der Waals surface area (Å²) >= 11 is 1.68. The van der Waals surface area contributed by atoms with Crippen LogP contribution in [0.5, 0.6) is 0 Å². The monoisotopic (exact) mass is 253 g/mol. The lowest BCUT2D eigenvalue weighted by atomic mass is 9.75. The van der Waals surface area contributed by atoms with Crippen molar-refractivity contribution in [1.29, 1.82) is 0 Å². The molecule has 1 fully saturated rings. The highest BCUT2D eigenvalue weighted by molar-refractivity contribution is 7.13. The largest absolute Gasteiger partial charge is 0.360 e. The minimum Gasteiger partial charge on any atom is -0.360 e. The Labute approximate surface area is 108 Å². The molecule has 96 valence electrons. The molecule has 0 aromatic carbocycles. The molecule has 0 amide bonds. The molecule has 2 rings (SSSR count). The number of aromatic nitrogens is 1. The Balaban J connectivity index is 2.01. The van der Waals surface area contributed by atoms with E-state index in [1.54, 1.807) is 11.3 Å². The number of rotatable bonds is 4. The van der Waals surface area contributed by atoms with Gasteiger partial charge in [-0.2, -0.15) is 0 Å². The van der Waals surface area contributed by atoms with Gasteiger partial charge in [0.15, 0.2) is 5.13 Å². The molecule has 3 nitrogen and oxygen atoms in total. The quantitative estimate of drug-likeness (QED) is 0.894. The van der Waals surface area contributed by atoms with Gasteiger partial charge in [-0.1, -0.05) is 19.8 Å². The second-order valence-corrected chi connectivity index (χ2v) is 6.41. The van der Waals surface area contributed by atoms with Crippen LogP contribution < -0.4 is 5.32 Å². The van der Waals surface area contributed by atoms with Crippen LogP contribution in [0.1, 0.15) is 32.6 Å². The van der Waals surface area contributed by atoms with Gasteiger partial charge in [0.2, 0.25) is 0 Å². The molecule has 0 spiro atoms. The molecule has 1 saturated carbocycles. The molecule has 2 atom stereocenters. The van der Waals surface area contributed by atoms with Crippen LogP contribution in [0, 0.1) is 5.92 Å². The summed E-state index contributed by atoms with van der Waals surface area (Å²) in [5, 5.41) is 6.57. The Morgan fingerprint density at radius 2 is 2.41 bits per heavy atom. The first-order valence-corrected chi connectivity index (χ1v) is 7.31. The molecule has 0 saturated heterocycles. The number of anilines is 1. The highest BCUT2D eigenvalue weighted by Gasteiger charge is 2.36. The minimum atomic E-state index is 0.309. The molecule has 1 N–H and O–H groups in total. The van der Waals surface area contributed by atoms with Gasteiger partial charge in [0.05, 0.1) is 0 Å². The Morgan fingerprint density at radius 3 is 3.00 bits per heavy atom. The smallest absolute Gasteiger partial charge is 0.182 e. The van der Waals surface area contributed by atoms with Gasteiger partial charge >= 0.3 is 0 Å². The van der Waals surface area contributed by atoms with E-state index in [2.05, 4.69) is 36.2 Å². The summed E-state index contributed by atoms with van der Waals surface area (Å²) < 4.78 is 0. The lowest BCUT2D eigenvalue weighted by Gasteiger charge is -2.45. The topological polar surface area (TPSA) is 28.2 Å². The van der Waals surface area contributed by atoms with Crippen molar-refractivity contribution in [3.05, 3.63) is 11.6 Å². The van der Waals surface area contributed by atoms with Gasteiger partial charge in [-0.15, -0.1) is 11.3 Å². The summed E-state index contributed by atoms with van der Waals surface area (Å²) in [6, 6.07) is 0. The number of hydrogen-bond donors (Lipinski definition) is 1. The van der Waals surface area contributed by atoms with Crippen molar-refractivity contribution in [2.24, 2.45) is 5.92 Å². The number of nitrogens with zero attached hydrogens (tertiary/aromatic N) is 2. The summed E-state index contributed by atoms with van der Waals surface area (Å²) in [6.45, 7) is 3.39. The Hall–Kier alpha value is -0.610. The summed E-state index contributed by atoms with van der Waals surface area (Å²) in [4.78, 5) is 6.71. The van der Waals surface area contributed by atoms with E-state index in [4.69, 9.17) is 0 Å². The van der Waals surface area contributed by atoms with Crippen molar-refractivity contribution < 1.29 is 0 Å². The summed E-state index contributed by atoms with van der Waals surface area (Å²) in [5.41, 5.74) is 0.309. The van der Waals surface area contributed by atoms with Gasteiger partial charge in [-0.25, -0.2) is 4.98 Å². The van der Waals surface area contributed by atoms with E-state index in [1.807, 2.05) is 11.6 Å². The van der Waals surface area contributed by atoms with E-state index in [0.29, 0.717) is 5.54 Å². The predicted octanol–water partition coefficient (Wildman–Crippen LogP) is 3.07. The fourth-order valence-electron chi connectivity index (χ4n) is 2.91. The minimum absolute atomic E-state index is 0.309. The average Bonchev–Trinajstić information content (AvgIpc) is 2.79. The van der Waals surface area contributed by atoms with Crippen LogP contribution in [0.25, 0.3) is 0 Å². The van der Waals surface area contributed by atoms with Gasteiger partial charge in [0.1, 0.15) is 0 Å². The van der Waals surface area contributed by atoms with E-state index in [0.717, 1.165) is 17.6 Å². The molecule has 0 bridgehead atoms. The summed E-state index contributed by atoms with van der Waals surface area (Å²) in [6.07, 6.45) is 7.17. The third-order valence-corrected chi connectivity index (χ3v) is 4.75. The lowest BCUT2D eigenvalue weighted by molar-refractivity contribution is 0.0882. The summed E-state index contributed by atoms with van der Waals surface area (Å²) in [7, 11) is 4.42. The van der Waals surface area contributed by atoms with E-state index >= 15 is 0 Å². The summed E-state index contributed by atoms with van der Waals surface area (Å²) in [5.74, 6) is 0.837. The van der Waals surface area contributed by atoms with Crippen LogP contribution in [-0.4, -0.2) is 36.1 Å². The van der Waals surface area contributed by atoms with Gasteiger partial charge in [-0.05, 0) is 32.9 Å². The molecule has 0 aliphatic heterocycles. The zero-order chi connectivity index (χ0) is 12.3. The molecule has 1 aromatic heterocycles. The normalized spacial score (nSPS) is 29.5. The molecule has 0 radical (unpaired) electrons. The zero-order valence-electron chi connectivity index (χ0n) is 11.1.